The molecule has 6 heavy (non-hydrogen) atoms. The van der Waals surface area contributed by atoms with Gasteiger partial charge in [-0.2, -0.15) is 0 Å². The molecule has 0 fully saturated rings. The van der Waals surface area contributed by atoms with Crippen molar-refractivity contribution in [2.24, 2.45) is 0 Å². The van der Waals surface area contributed by atoms with Crippen molar-refractivity contribution in [3.05, 3.63) is 0 Å². The molecule has 2 N–H and O–H groups in total. The third-order valence-corrected chi connectivity index (χ3v) is 0. The molecule has 0 aromatic rings. The van der Waals surface area contributed by atoms with Crippen LogP contribution in [0.25, 0.3) is 0 Å². The zero-order valence-corrected chi connectivity index (χ0v) is 10.6. The summed E-state index contributed by atoms with van der Waals surface area (Å²) in [7, 11) is 0. The number of nitrogens with one attached hydrogen (secondary N) is 2. The molecule has 0 aliphatic carbocycles. The van der Waals surface area contributed by atoms with E-state index in [1.165, 1.54) is 22.5 Å². The summed E-state index contributed by atoms with van der Waals surface area (Å²) in [6.45, 7) is 0. The Morgan fingerprint density at radius 1 is 1.33 bits per heavy atom. The van der Waals surface area contributed by atoms with Crippen LogP contribution in [0.15, 0.2) is 0 Å². The van der Waals surface area contributed by atoms with Gasteiger partial charge in [0.25, 0.3) is 0 Å². The molecule has 0 saturated carbocycles. The molecule has 0 aliphatic rings. The van der Waals surface area contributed by atoms with Crippen molar-refractivity contribution in [2.45, 2.75) is 12.4 Å². The molecular formula is C2H14N2Sn2. The van der Waals surface area contributed by atoms with Gasteiger partial charge in [-0.25, -0.2) is 11.1 Å². The van der Waals surface area contributed by atoms with Crippen LogP contribution in [-0.2, 0) is 0 Å². The summed E-state index contributed by atoms with van der Waals surface area (Å²) >= 11 is 1.35. The van der Waals surface area contributed by atoms with Gasteiger partial charge in [0.1, 0.15) is 0 Å². The summed E-state index contributed by atoms with van der Waals surface area (Å²) in [5.41, 5.74) is 10.0. The zero-order valence-electron chi connectivity index (χ0n) is 3.28. The van der Waals surface area contributed by atoms with Crippen LogP contribution < -0.4 is 0 Å². The van der Waals surface area contributed by atoms with Crippen LogP contribution in [0.4, 0.5) is 0 Å². The average molecular weight is 304 g/mol. The first-order valence-electron chi connectivity index (χ1n) is 0.827. The van der Waals surface area contributed by atoms with Crippen molar-refractivity contribution in [1.82, 2.24) is 0 Å². The minimum absolute atomic E-state index is 0. The second kappa shape index (κ2) is 117. The van der Waals surface area contributed by atoms with Gasteiger partial charge >= 0.3 is 51.4 Å². The van der Waals surface area contributed by atoms with E-state index in [0.717, 1.165) is 0 Å². The molecule has 2 nitrogen and oxygen atoms in total. The van der Waals surface area contributed by atoms with Crippen LogP contribution >= 0.6 is 0 Å². The first-order chi connectivity index (χ1) is 2.00. The van der Waals surface area contributed by atoms with Gasteiger partial charge in [0.05, 0.1) is 0 Å². The molecule has 0 heterocycles. The predicted octanol–water partition coefficient (Wildman–Crippen LogP) is 0.497. The molecule has 0 spiro atoms. The Hall–Kier alpha value is 1.20. The van der Waals surface area contributed by atoms with E-state index in [-0.39, 0.29) is 32.8 Å². The van der Waals surface area contributed by atoms with Gasteiger partial charge in [0.2, 0.25) is 0 Å². The van der Waals surface area contributed by atoms with Gasteiger partial charge < -0.3 is 0 Å². The summed E-state index contributed by atoms with van der Waals surface area (Å²) < 4.78 is 0. The van der Waals surface area contributed by atoms with E-state index in [9.17, 15) is 0 Å². The molecule has 0 amide bonds. The molecule has 0 saturated heterocycles. The SMILES string of the molecule is C.N=N.[CH3][SnH].[HH].[SnH2]. The Kier molecular flexibility index (Phi) is 526. The molecule has 4 heteroatoms. The summed E-state index contributed by atoms with van der Waals surface area (Å²) in [4.78, 5) is 2.13. The number of hydrogen-bond acceptors (Lipinski definition) is 2. The number of rotatable bonds is 0. The summed E-state index contributed by atoms with van der Waals surface area (Å²) in [6, 6.07) is 0. The second-order valence-corrected chi connectivity index (χ2v) is 0. The van der Waals surface area contributed by atoms with Crippen molar-refractivity contribution in [3.8, 4) is 0 Å². The Labute approximate surface area is 70.9 Å². The molecule has 40 valence electrons. The molecule has 0 aromatic carbocycles. The molecule has 0 aromatic heterocycles. The Balaban J connectivity index is -0.00000000267. The fourth-order valence-electron chi connectivity index (χ4n) is 0. The monoisotopic (exact) mass is 306 g/mol. The van der Waals surface area contributed by atoms with Gasteiger partial charge in [-0.3, -0.25) is 0 Å². The summed E-state index contributed by atoms with van der Waals surface area (Å²) in [5, 5.41) is 0. The van der Waals surface area contributed by atoms with Gasteiger partial charge in [0.15, 0.2) is 0 Å². The Morgan fingerprint density at radius 3 is 1.33 bits per heavy atom. The van der Waals surface area contributed by atoms with E-state index in [1.807, 2.05) is 0 Å². The predicted molar refractivity (Wildman–Crippen MR) is 35.8 cm³/mol. The second-order valence-electron chi connectivity index (χ2n) is 0. The van der Waals surface area contributed by atoms with Gasteiger partial charge in [0, 0.05) is 1.43 Å². The fraction of sp³-hybridized carbons (Fsp3) is 1.00. The van der Waals surface area contributed by atoms with Crippen LogP contribution in [0.3, 0.4) is 0 Å². The molecule has 0 unspecified atom stereocenters. The van der Waals surface area contributed by atoms with Crippen LogP contribution in [-0.4, -0.2) is 46.4 Å². The quantitative estimate of drug-likeness (QED) is 0.484. The third-order valence-electron chi connectivity index (χ3n) is 0. The van der Waals surface area contributed by atoms with Crippen molar-refractivity contribution in [1.29, 1.82) is 11.1 Å². The van der Waals surface area contributed by atoms with Gasteiger partial charge in [-0.15, -0.1) is 0 Å². The van der Waals surface area contributed by atoms with Gasteiger partial charge in [-0.1, -0.05) is 7.43 Å². The summed E-state index contributed by atoms with van der Waals surface area (Å²) in [5.74, 6) is 0. The maximum atomic E-state index is 5.00. The van der Waals surface area contributed by atoms with Crippen LogP contribution in [0.2, 0.25) is 4.94 Å². The average Bonchev–Trinajstić information content (AvgIpc) is 1.50. The van der Waals surface area contributed by atoms with Crippen molar-refractivity contribution < 1.29 is 1.43 Å². The van der Waals surface area contributed by atoms with Crippen LogP contribution in [0, 0.1) is 11.1 Å². The van der Waals surface area contributed by atoms with Crippen LogP contribution in [0.5, 0.6) is 0 Å². The zero-order chi connectivity index (χ0) is 4.00. The van der Waals surface area contributed by atoms with Crippen LogP contribution in [0.1, 0.15) is 8.85 Å². The molecular weight excluding hydrogens is 289 g/mol. The van der Waals surface area contributed by atoms with Crippen molar-refractivity contribution in [3.63, 3.8) is 0 Å². The minimum atomic E-state index is 0. The van der Waals surface area contributed by atoms with Crippen molar-refractivity contribution in [2.75, 3.05) is 0 Å². The Bertz CT molecular complexity index is 13.7. The maximum absolute atomic E-state index is 5.00. The molecule has 4 radical (unpaired) electrons. The van der Waals surface area contributed by atoms with E-state index in [1.54, 1.807) is 0 Å². The normalized spacial score (nSPS) is 1.67. The van der Waals surface area contributed by atoms with Gasteiger partial charge in [-0.05, 0) is 0 Å². The number of hydrogen-bond donors (Lipinski definition) is 2. The van der Waals surface area contributed by atoms with E-state index in [4.69, 9.17) is 11.1 Å². The van der Waals surface area contributed by atoms with E-state index >= 15 is 0 Å². The van der Waals surface area contributed by atoms with E-state index in [0.29, 0.717) is 0 Å². The summed E-state index contributed by atoms with van der Waals surface area (Å²) in [6.07, 6.45) is 0. The van der Waals surface area contributed by atoms with E-state index < -0.39 is 0 Å². The molecule has 0 aliphatic heterocycles. The standard InChI is InChI=1S/CH4.CH3.H2N2.2Sn.H2.3H/c;;1-2;;;;;;/h1H4;1H3;1-2H;;;1H;;;. The fourth-order valence-corrected chi connectivity index (χ4v) is 0. The van der Waals surface area contributed by atoms with Crippen molar-refractivity contribution >= 4 is 46.4 Å². The first kappa shape index (κ1) is 27.0. The molecule has 0 bridgehead atoms. The molecule has 0 atom stereocenters. The molecule has 0 rings (SSSR count). The van der Waals surface area contributed by atoms with E-state index in [2.05, 4.69) is 4.94 Å². The topological polar surface area (TPSA) is 47.7 Å². The first-order valence-corrected chi connectivity index (χ1v) is 4.12. The third kappa shape index (κ3) is 63.9. The Morgan fingerprint density at radius 2 is 1.33 bits per heavy atom.